The summed E-state index contributed by atoms with van der Waals surface area (Å²) < 4.78 is 11.9. The molecule has 0 aliphatic carbocycles. The zero-order chi connectivity index (χ0) is 15.7. The van der Waals surface area contributed by atoms with Crippen molar-refractivity contribution in [2.45, 2.75) is 19.8 Å². The van der Waals surface area contributed by atoms with Crippen LogP contribution in [0.15, 0.2) is 36.2 Å². The highest BCUT2D eigenvalue weighted by atomic mass is 32.2. The Hall–Kier alpha value is -1.73. The number of hydrazine groups is 1. The Balaban J connectivity index is 2.64. The first-order chi connectivity index (χ1) is 10.1. The Kier molecular flexibility index (Phi) is 7.63. The van der Waals surface area contributed by atoms with E-state index in [9.17, 15) is 8.68 Å². The molecule has 1 amide bonds. The van der Waals surface area contributed by atoms with E-state index in [1.807, 2.05) is 6.92 Å². The first kappa shape index (κ1) is 17.3. The number of nitrogens with zero attached hydrogens (tertiary/aromatic N) is 1. The maximum Gasteiger partial charge on any atom is 0.251 e. The van der Waals surface area contributed by atoms with Crippen LogP contribution in [0.4, 0.5) is 9.57 Å². The van der Waals surface area contributed by atoms with Gasteiger partial charge in [0.2, 0.25) is 0 Å². The summed E-state index contributed by atoms with van der Waals surface area (Å²) >= 11 is 0.302. The quantitative estimate of drug-likeness (QED) is 0.390. The summed E-state index contributed by atoms with van der Waals surface area (Å²) in [5.41, 5.74) is 7.69. The van der Waals surface area contributed by atoms with Gasteiger partial charge in [0, 0.05) is 41.9 Å². The van der Waals surface area contributed by atoms with Gasteiger partial charge >= 0.3 is 0 Å². The predicted octanol–water partition coefficient (Wildman–Crippen LogP) is 2.31. The van der Waals surface area contributed by atoms with Crippen LogP contribution < -0.4 is 21.9 Å². The van der Waals surface area contributed by atoms with E-state index in [4.69, 9.17) is 11.6 Å². The molecule has 0 atom stereocenters. The van der Waals surface area contributed by atoms with Crippen LogP contribution in [0.3, 0.4) is 0 Å². The standard InChI is InChI=1S/C14H21FN4OS/c1-2-18-14(20)11-5-7-13(8-6-11)19(17)10-12(16)4-3-9-21-15/h5-8,10H,2-4,9,16-17H2,1H3,(H,18,20)/b12-10-. The first-order valence-electron chi connectivity index (χ1n) is 6.70. The third kappa shape index (κ3) is 6.05. The highest BCUT2D eigenvalue weighted by Gasteiger charge is 2.05. The number of benzene rings is 1. The summed E-state index contributed by atoms with van der Waals surface area (Å²) in [6, 6.07) is 6.88. The first-order valence-corrected chi connectivity index (χ1v) is 7.59. The second-order valence-corrected chi connectivity index (χ2v) is 5.06. The summed E-state index contributed by atoms with van der Waals surface area (Å²) in [5.74, 6) is 6.18. The fraction of sp³-hybridized carbons (Fsp3) is 0.357. The molecule has 0 radical (unpaired) electrons. The van der Waals surface area contributed by atoms with Gasteiger partial charge < -0.3 is 11.1 Å². The van der Waals surface area contributed by atoms with E-state index in [2.05, 4.69) is 5.32 Å². The molecular weight excluding hydrogens is 291 g/mol. The van der Waals surface area contributed by atoms with Gasteiger partial charge in [-0.05, 0) is 44.0 Å². The van der Waals surface area contributed by atoms with Gasteiger partial charge in [-0.2, -0.15) is 3.89 Å². The van der Waals surface area contributed by atoms with Gasteiger partial charge in [-0.25, -0.2) is 5.84 Å². The van der Waals surface area contributed by atoms with Gasteiger partial charge in [0.15, 0.2) is 0 Å². The minimum atomic E-state index is -0.119. The van der Waals surface area contributed by atoms with Crippen LogP contribution >= 0.6 is 12.1 Å². The van der Waals surface area contributed by atoms with Crippen molar-refractivity contribution in [3.05, 3.63) is 41.7 Å². The average Bonchev–Trinajstić information content (AvgIpc) is 2.48. The monoisotopic (exact) mass is 312 g/mol. The molecular formula is C14H21FN4OS. The number of anilines is 1. The predicted molar refractivity (Wildman–Crippen MR) is 86.2 cm³/mol. The van der Waals surface area contributed by atoms with Crippen molar-refractivity contribution in [1.82, 2.24) is 5.32 Å². The van der Waals surface area contributed by atoms with Crippen molar-refractivity contribution in [1.29, 1.82) is 0 Å². The van der Waals surface area contributed by atoms with Crippen LogP contribution in [0.5, 0.6) is 0 Å². The van der Waals surface area contributed by atoms with E-state index in [1.165, 1.54) is 5.01 Å². The van der Waals surface area contributed by atoms with Crippen molar-refractivity contribution in [3.8, 4) is 0 Å². The van der Waals surface area contributed by atoms with Gasteiger partial charge in [-0.15, -0.1) is 0 Å². The largest absolute Gasteiger partial charge is 0.401 e. The number of hydrogen-bond acceptors (Lipinski definition) is 5. The van der Waals surface area contributed by atoms with Gasteiger partial charge in [0.25, 0.3) is 5.91 Å². The van der Waals surface area contributed by atoms with E-state index in [-0.39, 0.29) is 5.91 Å². The van der Waals surface area contributed by atoms with Crippen LogP contribution in [-0.4, -0.2) is 18.2 Å². The van der Waals surface area contributed by atoms with Crippen LogP contribution in [0.25, 0.3) is 0 Å². The normalized spacial score (nSPS) is 11.3. The van der Waals surface area contributed by atoms with Crippen LogP contribution in [0.1, 0.15) is 30.1 Å². The van der Waals surface area contributed by atoms with Gasteiger partial charge in [-0.3, -0.25) is 9.80 Å². The molecule has 0 bridgehead atoms. The van der Waals surface area contributed by atoms with Gasteiger partial charge in [-0.1, -0.05) is 0 Å². The summed E-state index contributed by atoms with van der Waals surface area (Å²) in [6.45, 7) is 2.45. The van der Waals surface area contributed by atoms with Crippen LogP contribution in [0.2, 0.25) is 0 Å². The molecule has 1 rings (SSSR count). The maximum atomic E-state index is 11.9. The van der Waals surface area contributed by atoms with Crippen molar-refractivity contribution in [2.24, 2.45) is 11.6 Å². The van der Waals surface area contributed by atoms with E-state index in [0.29, 0.717) is 54.2 Å². The molecule has 5 N–H and O–H groups in total. The Bertz CT molecular complexity index is 478. The third-order valence-electron chi connectivity index (χ3n) is 2.76. The molecule has 0 aromatic heterocycles. The number of nitrogens with two attached hydrogens (primary N) is 2. The van der Waals surface area contributed by atoms with E-state index in [0.717, 1.165) is 0 Å². The van der Waals surface area contributed by atoms with Crippen molar-refractivity contribution in [2.75, 3.05) is 17.3 Å². The van der Waals surface area contributed by atoms with E-state index >= 15 is 0 Å². The molecule has 0 fully saturated rings. The summed E-state index contributed by atoms with van der Waals surface area (Å²) in [7, 11) is 0. The van der Waals surface area contributed by atoms with Crippen molar-refractivity contribution in [3.63, 3.8) is 0 Å². The molecule has 0 saturated heterocycles. The zero-order valence-electron chi connectivity index (χ0n) is 12.0. The minimum absolute atomic E-state index is 0.119. The number of halogens is 1. The molecule has 1 aromatic rings. The number of carbonyl (C=O) groups is 1. The smallest absolute Gasteiger partial charge is 0.251 e. The molecule has 7 heteroatoms. The van der Waals surface area contributed by atoms with E-state index < -0.39 is 0 Å². The van der Waals surface area contributed by atoms with Crippen LogP contribution in [-0.2, 0) is 0 Å². The number of hydrogen-bond donors (Lipinski definition) is 3. The van der Waals surface area contributed by atoms with E-state index in [1.54, 1.807) is 30.5 Å². The highest BCUT2D eigenvalue weighted by molar-refractivity contribution is 7.94. The topological polar surface area (TPSA) is 84.4 Å². The third-order valence-corrected chi connectivity index (χ3v) is 3.20. The van der Waals surface area contributed by atoms with Gasteiger partial charge in [0.1, 0.15) is 0 Å². The highest BCUT2D eigenvalue weighted by Crippen LogP contribution is 2.14. The van der Waals surface area contributed by atoms with Crippen molar-refractivity contribution >= 4 is 23.7 Å². The Morgan fingerprint density at radius 2 is 2.10 bits per heavy atom. The lowest BCUT2D eigenvalue weighted by Crippen LogP contribution is -2.26. The van der Waals surface area contributed by atoms with Gasteiger partial charge in [0.05, 0.1) is 5.69 Å². The molecule has 5 nitrogen and oxygen atoms in total. The Morgan fingerprint density at radius 3 is 2.67 bits per heavy atom. The number of nitrogens with one attached hydrogen (secondary N) is 1. The Labute approximate surface area is 128 Å². The molecule has 0 saturated carbocycles. The second kappa shape index (κ2) is 9.25. The molecule has 116 valence electrons. The summed E-state index contributed by atoms with van der Waals surface area (Å²) in [6.07, 6.45) is 2.85. The van der Waals surface area contributed by atoms with Crippen molar-refractivity contribution < 1.29 is 8.68 Å². The average molecular weight is 312 g/mol. The molecule has 1 aromatic carbocycles. The molecule has 0 unspecified atom stereocenters. The zero-order valence-corrected chi connectivity index (χ0v) is 12.8. The minimum Gasteiger partial charge on any atom is -0.401 e. The fourth-order valence-electron chi connectivity index (χ4n) is 1.70. The number of amides is 1. The molecule has 0 heterocycles. The molecule has 0 aliphatic heterocycles. The Morgan fingerprint density at radius 1 is 1.43 bits per heavy atom. The van der Waals surface area contributed by atoms with Crippen LogP contribution in [0, 0.1) is 0 Å². The molecule has 21 heavy (non-hydrogen) atoms. The SMILES string of the molecule is CCNC(=O)c1ccc(N(N)/C=C(\N)CCCSF)cc1. The fourth-order valence-corrected chi connectivity index (χ4v) is 1.95. The maximum absolute atomic E-state index is 11.9. The lowest BCUT2D eigenvalue weighted by atomic mass is 10.2. The summed E-state index contributed by atoms with van der Waals surface area (Å²) in [4.78, 5) is 11.6. The lowest BCUT2D eigenvalue weighted by molar-refractivity contribution is 0.0956. The number of allylic oxidation sites excluding steroid dienone is 1. The molecule has 0 aliphatic rings. The number of rotatable bonds is 8. The second-order valence-electron chi connectivity index (χ2n) is 4.43. The summed E-state index contributed by atoms with van der Waals surface area (Å²) in [5, 5.41) is 4.11. The molecule has 0 spiro atoms. The number of carbonyl (C=O) groups excluding carboxylic acids is 1. The lowest BCUT2D eigenvalue weighted by Gasteiger charge is -2.15.